The number of hydrogen-bond donors (Lipinski definition) is 1. The molecule has 0 fully saturated rings. The molecule has 1 N–H and O–H groups in total. The zero-order valence-electron chi connectivity index (χ0n) is 14.0. The molecular weight excluding hydrogens is 334 g/mol. The zero-order valence-corrected chi connectivity index (χ0v) is 14.8. The number of amides is 1. The van der Waals surface area contributed by atoms with E-state index in [1.54, 1.807) is 23.5 Å². The molecule has 1 aliphatic heterocycles. The molecule has 0 unspecified atom stereocenters. The van der Waals surface area contributed by atoms with Crippen molar-refractivity contribution in [3.8, 4) is 0 Å². The minimum Gasteiger partial charge on any atom is -0.459 e. The Bertz CT molecular complexity index is 869. The van der Waals surface area contributed by atoms with Crippen LogP contribution in [0.25, 0.3) is 0 Å². The van der Waals surface area contributed by atoms with E-state index in [1.807, 2.05) is 0 Å². The fraction of sp³-hybridized carbons (Fsp3) is 0.263. The zero-order chi connectivity index (χ0) is 17.2. The number of furan rings is 1. The molecule has 3 aromatic rings. The summed E-state index contributed by atoms with van der Waals surface area (Å²) in [6.07, 6.45) is 2.40. The van der Waals surface area contributed by atoms with Gasteiger partial charge in [-0.3, -0.25) is 15.0 Å². The van der Waals surface area contributed by atoms with E-state index in [1.165, 1.54) is 22.3 Å². The number of benzene rings is 1. The van der Waals surface area contributed by atoms with Crippen molar-refractivity contribution in [2.45, 2.75) is 26.4 Å². The summed E-state index contributed by atoms with van der Waals surface area (Å²) >= 11 is 1.55. The van der Waals surface area contributed by atoms with Gasteiger partial charge in [-0.15, -0.1) is 11.3 Å². The van der Waals surface area contributed by atoms with Gasteiger partial charge in [-0.1, -0.05) is 29.8 Å². The standard InChI is InChI=1S/C19H19N3O2S/c1-13-4-6-14(7-5-13)11-22-9-8-15-17(12-22)25-19(20-15)21-18(23)16-3-2-10-24-16/h2-7,10H,8-9,11-12H2,1H3,(H,20,21,23). The van der Waals surface area contributed by atoms with Gasteiger partial charge >= 0.3 is 0 Å². The fourth-order valence-corrected chi connectivity index (χ4v) is 4.00. The maximum atomic E-state index is 12.1. The third-order valence-corrected chi connectivity index (χ3v) is 5.30. The molecule has 0 aliphatic carbocycles. The van der Waals surface area contributed by atoms with Crippen LogP contribution in [-0.4, -0.2) is 22.3 Å². The van der Waals surface area contributed by atoms with Crippen LogP contribution in [0, 0.1) is 6.92 Å². The van der Waals surface area contributed by atoms with Crippen LogP contribution >= 0.6 is 11.3 Å². The summed E-state index contributed by atoms with van der Waals surface area (Å²) in [6, 6.07) is 12.0. The topological polar surface area (TPSA) is 58.4 Å². The van der Waals surface area contributed by atoms with Crippen LogP contribution in [0.5, 0.6) is 0 Å². The summed E-state index contributed by atoms with van der Waals surface area (Å²) < 4.78 is 5.12. The number of nitrogens with one attached hydrogen (secondary N) is 1. The summed E-state index contributed by atoms with van der Waals surface area (Å²) in [4.78, 5) is 20.3. The number of anilines is 1. The van der Waals surface area contributed by atoms with Gasteiger partial charge in [-0.05, 0) is 24.6 Å². The monoisotopic (exact) mass is 353 g/mol. The van der Waals surface area contributed by atoms with Gasteiger partial charge in [0, 0.05) is 30.9 Å². The number of fused-ring (bicyclic) bond motifs is 1. The Labute approximate surface area is 150 Å². The Morgan fingerprint density at radius 3 is 2.92 bits per heavy atom. The number of hydrogen-bond acceptors (Lipinski definition) is 5. The van der Waals surface area contributed by atoms with E-state index in [4.69, 9.17) is 4.42 Å². The third-order valence-electron chi connectivity index (χ3n) is 4.30. The molecule has 0 bridgehead atoms. The number of carbonyl (C=O) groups is 1. The van der Waals surface area contributed by atoms with E-state index >= 15 is 0 Å². The number of aromatic nitrogens is 1. The first kappa shape index (κ1) is 16.1. The van der Waals surface area contributed by atoms with Crippen LogP contribution in [0.1, 0.15) is 32.3 Å². The number of rotatable bonds is 4. The molecule has 3 heterocycles. The Morgan fingerprint density at radius 1 is 1.32 bits per heavy atom. The van der Waals surface area contributed by atoms with E-state index in [0.29, 0.717) is 10.9 Å². The summed E-state index contributed by atoms with van der Waals surface area (Å²) in [6.45, 7) is 4.90. The first-order valence-electron chi connectivity index (χ1n) is 8.29. The Morgan fingerprint density at radius 2 is 2.16 bits per heavy atom. The largest absolute Gasteiger partial charge is 0.459 e. The molecule has 5 nitrogen and oxygen atoms in total. The quantitative estimate of drug-likeness (QED) is 0.774. The Balaban J connectivity index is 1.42. The molecule has 0 saturated carbocycles. The van der Waals surface area contributed by atoms with Gasteiger partial charge in [0.1, 0.15) is 0 Å². The third kappa shape index (κ3) is 3.65. The second kappa shape index (κ2) is 6.82. The molecule has 0 radical (unpaired) electrons. The van der Waals surface area contributed by atoms with Crippen molar-refractivity contribution >= 4 is 22.4 Å². The lowest BCUT2D eigenvalue weighted by molar-refractivity contribution is 0.0996. The second-order valence-corrected chi connectivity index (χ2v) is 7.35. The lowest BCUT2D eigenvalue weighted by Gasteiger charge is -2.25. The summed E-state index contributed by atoms with van der Waals surface area (Å²) in [5.41, 5.74) is 3.70. The number of nitrogens with zero attached hydrogens (tertiary/aromatic N) is 2. The summed E-state index contributed by atoms with van der Waals surface area (Å²) in [5, 5.41) is 3.47. The highest BCUT2D eigenvalue weighted by Gasteiger charge is 2.22. The van der Waals surface area contributed by atoms with Crippen molar-refractivity contribution in [2.75, 3.05) is 11.9 Å². The van der Waals surface area contributed by atoms with E-state index in [9.17, 15) is 4.79 Å². The molecule has 0 atom stereocenters. The number of aryl methyl sites for hydroxylation is 1. The first-order valence-corrected chi connectivity index (χ1v) is 9.10. The van der Waals surface area contributed by atoms with Crippen molar-refractivity contribution in [1.29, 1.82) is 0 Å². The predicted octanol–water partition coefficient (Wildman–Crippen LogP) is 3.86. The molecule has 2 aromatic heterocycles. The molecule has 1 aromatic carbocycles. The van der Waals surface area contributed by atoms with E-state index < -0.39 is 0 Å². The molecule has 6 heteroatoms. The van der Waals surface area contributed by atoms with Crippen LogP contribution in [0.2, 0.25) is 0 Å². The van der Waals surface area contributed by atoms with Crippen LogP contribution < -0.4 is 5.32 Å². The van der Waals surface area contributed by atoms with Gasteiger partial charge in [0.25, 0.3) is 5.91 Å². The van der Waals surface area contributed by atoms with Crippen LogP contribution in [0.3, 0.4) is 0 Å². The molecule has 25 heavy (non-hydrogen) atoms. The molecule has 4 rings (SSSR count). The van der Waals surface area contributed by atoms with Crippen molar-refractivity contribution in [1.82, 2.24) is 9.88 Å². The highest BCUT2D eigenvalue weighted by atomic mass is 32.1. The number of thiazole rings is 1. The lowest BCUT2D eigenvalue weighted by Crippen LogP contribution is -2.29. The van der Waals surface area contributed by atoms with Gasteiger partial charge < -0.3 is 4.42 Å². The molecule has 0 saturated heterocycles. The average Bonchev–Trinajstić information content (AvgIpc) is 3.26. The van der Waals surface area contributed by atoms with Gasteiger partial charge in [0.15, 0.2) is 10.9 Å². The van der Waals surface area contributed by atoms with Gasteiger partial charge in [0.05, 0.1) is 12.0 Å². The van der Waals surface area contributed by atoms with Crippen LogP contribution in [-0.2, 0) is 19.5 Å². The molecule has 1 amide bonds. The molecular formula is C19H19N3O2S. The minimum absolute atomic E-state index is 0.257. The lowest BCUT2D eigenvalue weighted by atomic mass is 10.1. The van der Waals surface area contributed by atoms with Crippen LogP contribution in [0.4, 0.5) is 5.13 Å². The smallest absolute Gasteiger partial charge is 0.293 e. The summed E-state index contributed by atoms with van der Waals surface area (Å²) in [7, 11) is 0. The molecule has 0 spiro atoms. The van der Waals surface area contributed by atoms with Crippen molar-refractivity contribution < 1.29 is 9.21 Å². The number of carbonyl (C=O) groups excluding carboxylic acids is 1. The van der Waals surface area contributed by atoms with Gasteiger partial charge in [0.2, 0.25) is 0 Å². The minimum atomic E-state index is -0.257. The van der Waals surface area contributed by atoms with Crippen molar-refractivity contribution in [3.05, 3.63) is 70.1 Å². The molecule has 128 valence electrons. The van der Waals surface area contributed by atoms with Crippen LogP contribution in [0.15, 0.2) is 47.1 Å². The normalized spacial score (nSPS) is 14.3. The second-order valence-electron chi connectivity index (χ2n) is 6.27. The SMILES string of the molecule is Cc1ccc(CN2CCc3nc(NC(=O)c4ccco4)sc3C2)cc1. The first-order chi connectivity index (χ1) is 12.2. The maximum absolute atomic E-state index is 12.1. The van der Waals surface area contributed by atoms with Gasteiger partial charge in [-0.2, -0.15) is 0 Å². The van der Waals surface area contributed by atoms with E-state index in [0.717, 1.165) is 31.7 Å². The fourth-order valence-electron chi connectivity index (χ4n) is 2.95. The summed E-state index contributed by atoms with van der Waals surface area (Å²) in [5.74, 6) is 0.0433. The van der Waals surface area contributed by atoms with Crippen molar-refractivity contribution in [2.24, 2.45) is 0 Å². The predicted molar refractivity (Wildman–Crippen MR) is 97.8 cm³/mol. The van der Waals surface area contributed by atoms with Crippen molar-refractivity contribution in [3.63, 3.8) is 0 Å². The van der Waals surface area contributed by atoms with E-state index in [-0.39, 0.29) is 5.91 Å². The average molecular weight is 353 g/mol. The molecule has 1 aliphatic rings. The Hall–Kier alpha value is -2.44. The highest BCUT2D eigenvalue weighted by Crippen LogP contribution is 2.29. The van der Waals surface area contributed by atoms with E-state index in [2.05, 4.69) is 46.4 Å². The maximum Gasteiger partial charge on any atom is 0.293 e. The highest BCUT2D eigenvalue weighted by molar-refractivity contribution is 7.15. The van der Waals surface area contributed by atoms with Gasteiger partial charge in [-0.25, -0.2) is 4.98 Å². The Kier molecular flexibility index (Phi) is 4.38.